The van der Waals surface area contributed by atoms with Crippen molar-refractivity contribution in [3.63, 3.8) is 0 Å². The molecule has 4 atom stereocenters. The zero-order valence-electron chi connectivity index (χ0n) is 18.4. The third kappa shape index (κ3) is 4.48. The van der Waals surface area contributed by atoms with E-state index in [2.05, 4.69) is 23.9 Å². The molecular weight excluding hydrogens is 372 g/mol. The van der Waals surface area contributed by atoms with Gasteiger partial charge in [-0.1, -0.05) is 47.5 Å². The summed E-state index contributed by atoms with van der Waals surface area (Å²) < 4.78 is 4.57. The molecule has 2 saturated carbocycles. The Morgan fingerprint density at radius 1 is 1.17 bits per heavy atom. The van der Waals surface area contributed by atoms with Gasteiger partial charge in [0.25, 0.3) is 5.78 Å². The van der Waals surface area contributed by atoms with E-state index in [0.717, 1.165) is 20.0 Å². The number of hydrogen-bond donors (Lipinski definition) is 1. The molecule has 1 heterocycles. The van der Waals surface area contributed by atoms with Crippen LogP contribution in [-0.4, -0.2) is 54.2 Å². The molecule has 1 N–H and O–H groups in total. The standard InChI is InChI=1S/C22H34N2O5/c1-21(2,3)10-15(25)24-11-13-16(22(13,4)5)17(24)19(27)23-14(9-12-7-8-12)18(26)20(28)29-6/h12-14,16-17H,7-11H2,1-6H3,(H,23,27)/t13?,14?,16-,17-/m0/s1. The van der Waals surface area contributed by atoms with E-state index in [9.17, 15) is 19.2 Å². The van der Waals surface area contributed by atoms with Gasteiger partial charge in [-0.05, 0) is 35.0 Å². The van der Waals surface area contributed by atoms with Crippen LogP contribution >= 0.6 is 0 Å². The summed E-state index contributed by atoms with van der Waals surface area (Å²) in [5.41, 5.74) is -0.172. The molecule has 0 bridgehead atoms. The third-order valence-corrected chi connectivity index (χ3v) is 6.76. The summed E-state index contributed by atoms with van der Waals surface area (Å²) in [7, 11) is 1.16. The molecule has 3 fully saturated rings. The minimum absolute atomic E-state index is 0.00112. The Bertz CT molecular complexity index is 719. The van der Waals surface area contributed by atoms with Crippen molar-refractivity contribution in [2.45, 2.75) is 72.4 Å². The molecule has 0 radical (unpaired) electrons. The van der Waals surface area contributed by atoms with Crippen LogP contribution in [0.15, 0.2) is 0 Å². The number of fused-ring (bicyclic) bond motifs is 1. The molecule has 3 rings (SSSR count). The van der Waals surface area contributed by atoms with Crippen LogP contribution in [-0.2, 0) is 23.9 Å². The Kier molecular flexibility index (Phi) is 5.56. The average molecular weight is 407 g/mol. The number of methoxy groups -OCH3 is 1. The van der Waals surface area contributed by atoms with Crippen LogP contribution in [0.1, 0.15) is 60.3 Å². The smallest absolute Gasteiger partial charge is 0.376 e. The molecule has 3 aliphatic rings. The number of carbonyl (C=O) groups excluding carboxylic acids is 4. The van der Waals surface area contributed by atoms with E-state index in [4.69, 9.17) is 0 Å². The van der Waals surface area contributed by atoms with Gasteiger partial charge in [-0.2, -0.15) is 0 Å². The summed E-state index contributed by atoms with van der Waals surface area (Å²) in [6.07, 6.45) is 2.80. The van der Waals surface area contributed by atoms with E-state index in [1.165, 1.54) is 0 Å². The minimum Gasteiger partial charge on any atom is -0.463 e. The van der Waals surface area contributed by atoms with Gasteiger partial charge in [0.1, 0.15) is 6.04 Å². The van der Waals surface area contributed by atoms with E-state index in [0.29, 0.717) is 31.2 Å². The summed E-state index contributed by atoms with van der Waals surface area (Å²) >= 11 is 0. The predicted octanol–water partition coefficient (Wildman–Crippen LogP) is 1.93. The number of carbonyl (C=O) groups is 4. The van der Waals surface area contributed by atoms with E-state index in [1.807, 2.05) is 20.8 Å². The highest BCUT2D eigenvalue weighted by Gasteiger charge is 2.69. The molecule has 0 aromatic rings. The van der Waals surface area contributed by atoms with Crippen LogP contribution < -0.4 is 5.32 Å². The maximum absolute atomic E-state index is 13.3. The summed E-state index contributed by atoms with van der Waals surface area (Å²) in [6, 6.07) is -1.47. The molecule has 162 valence electrons. The van der Waals surface area contributed by atoms with Gasteiger partial charge in [0.15, 0.2) is 0 Å². The Morgan fingerprint density at radius 3 is 2.31 bits per heavy atom. The topological polar surface area (TPSA) is 92.8 Å². The van der Waals surface area contributed by atoms with Crippen molar-refractivity contribution in [1.82, 2.24) is 10.2 Å². The second-order valence-electron chi connectivity index (χ2n) is 10.8. The maximum Gasteiger partial charge on any atom is 0.376 e. The summed E-state index contributed by atoms with van der Waals surface area (Å²) in [5, 5.41) is 2.80. The Hall–Kier alpha value is -1.92. The van der Waals surface area contributed by atoms with Crippen molar-refractivity contribution in [3.05, 3.63) is 0 Å². The Balaban J connectivity index is 1.76. The molecule has 0 aromatic heterocycles. The van der Waals surface area contributed by atoms with Gasteiger partial charge < -0.3 is 15.0 Å². The lowest BCUT2D eigenvalue weighted by atomic mass is 9.90. The fraction of sp³-hybridized carbons (Fsp3) is 0.818. The number of esters is 1. The second-order valence-corrected chi connectivity index (χ2v) is 10.8. The number of nitrogens with one attached hydrogen (secondary N) is 1. The normalized spacial score (nSPS) is 28.3. The summed E-state index contributed by atoms with van der Waals surface area (Å²) in [4.78, 5) is 52.1. The highest BCUT2D eigenvalue weighted by Crippen LogP contribution is 2.65. The molecule has 2 unspecified atom stereocenters. The largest absolute Gasteiger partial charge is 0.463 e. The van der Waals surface area contributed by atoms with Gasteiger partial charge in [-0.15, -0.1) is 0 Å². The molecule has 29 heavy (non-hydrogen) atoms. The van der Waals surface area contributed by atoms with Crippen LogP contribution in [0.4, 0.5) is 0 Å². The zero-order valence-corrected chi connectivity index (χ0v) is 18.4. The molecule has 7 heteroatoms. The lowest BCUT2D eigenvalue weighted by Gasteiger charge is -2.33. The molecule has 0 aromatic carbocycles. The number of piperidine rings is 1. The van der Waals surface area contributed by atoms with Crippen LogP contribution in [0.3, 0.4) is 0 Å². The molecule has 1 saturated heterocycles. The van der Waals surface area contributed by atoms with Crippen molar-refractivity contribution >= 4 is 23.6 Å². The first kappa shape index (κ1) is 21.8. The summed E-state index contributed by atoms with van der Waals surface area (Å²) in [5.74, 6) is -1.28. The fourth-order valence-electron chi connectivity index (χ4n) is 4.82. The summed E-state index contributed by atoms with van der Waals surface area (Å²) in [6.45, 7) is 10.8. The van der Waals surface area contributed by atoms with Gasteiger partial charge in [0.2, 0.25) is 11.8 Å². The number of hydrogen-bond acceptors (Lipinski definition) is 5. The van der Waals surface area contributed by atoms with Crippen LogP contribution in [0, 0.1) is 28.6 Å². The minimum atomic E-state index is -0.937. The Morgan fingerprint density at radius 2 is 1.79 bits per heavy atom. The second kappa shape index (κ2) is 7.40. The van der Waals surface area contributed by atoms with E-state index in [1.54, 1.807) is 4.90 Å². The van der Waals surface area contributed by atoms with Crippen molar-refractivity contribution in [3.8, 4) is 0 Å². The third-order valence-electron chi connectivity index (χ3n) is 6.76. The van der Waals surface area contributed by atoms with Crippen LogP contribution in [0.25, 0.3) is 0 Å². The van der Waals surface area contributed by atoms with Crippen LogP contribution in [0.2, 0.25) is 0 Å². The first-order chi connectivity index (χ1) is 13.4. The number of rotatable bonds is 7. The van der Waals surface area contributed by atoms with Crippen molar-refractivity contribution < 1.29 is 23.9 Å². The number of amides is 2. The maximum atomic E-state index is 13.3. The van der Waals surface area contributed by atoms with Crippen molar-refractivity contribution in [2.24, 2.45) is 28.6 Å². The van der Waals surface area contributed by atoms with E-state index in [-0.39, 0.29) is 28.6 Å². The number of ether oxygens (including phenoxy) is 1. The molecule has 0 spiro atoms. The van der Waals surface area contributed by atoms with E-state index < -0.39 is 23.8 Å². The predicted molar refractivity (Wildman–Crippen MR) is 107 cm³/mol. The first-order valence-corrected chi connectivity index (χ1v) is 10.6. The van der Waals surface area contributed by atoms with Crippen LogP contribution in [0.5, 0.6) is 0 Å². The van der Waals surface area contributed by atoms with Gasteiger partial charge in [-0.25, -0.2) is 4.79 Å². The van der Waals surface area contributed by atoms with Crippen molar-refractivity contribution in [1.29, 1.82) is 0 Å². The molecule has 2 amide bonds. The zero-order chi connectivity index (χ0) is 21.7. The number of Topliss-reactive ketones (excluding diaryl/α,β-unsaturated/α-hetero) is 1. The molecule has 7 nitrogen and oxygen atoms in total. The van der Waals surface area contributed by atoms with Gasteiger partial charge >= 0.3 is 5.97 Å². The van der Waals surface area contributed by atoms with Gasteiger partial charge in [0, 0.05) is 13.0 Å². The molecular formula is C22H34N2O5. The number of ketones is 1. The SMILES string of the molecule is COC(=O)C(=O)C(CC1CC1)NC(=O)[C@@H]1[C@@H]2C(CN1C(=O)CC(C)(C)C)C2(C)C. The molecule has 2 aliphatic carbocycles. The Labute approximate surface area is 172 Å². The highest BCUT2D eigenvalue weighted by atomic mass is 16.5. The van der Waals surface area contributed by atoms with E-state index >= 15 is 0 Å². The lowest BCUT2D eigenvalue weighted by molar-refractivity contribution is -0.153. The van der Waals surface area contributed by atoms with Gasteiger partial charge in [0.05, 0.1) is 13.2 Å². The highest BCUT2D eigenvalue weighted by molar-refractivity contribution is 6.36. The lowest BCUT2D eigenvalue weighted by Crippen LogP contribution is -2.54. The number of nitrogens with zero attached hydrogens (tertiary/aromatic N) is 1. The average Bonchev–Trinajstić information content (AvgIpc) is 3.45. The first-order valence-electron chi connectivity index (χ1n) is 10.6. The van der Waals surface area contributed by atoms with Gasteiger partial charge in [-0.3, -0.25) is 14.4 Å². The van der Waals surface area contributed by atoms with Crippen molar-refractivity contribution in [2.75, 3.05) is 13.7 Å². The quantitative estimate of drug-likeness (QED) is 0.515. The number of likely N-dealkylation sites (tertiary alicyclic amines) is 1. The fourth-order valence-corrected chi connectivity index (χ4v) is 4.82. The molecule has 1 aliphatic heterocycles. The monoisotopic (exact) mass is 406 g/mol.